The van der Waals surface area contributed by atoms with Crippen molar-refractivity contribution in [2.24, 2.45) is 0 Å². The summed E-state index contributed by atoms with van der Waals surface area (Å²) >= 11 is 0. The van der Waals surface area contributed by atoms with Crippen LogP contribution in [-0.2, 0) is 4.74 Å². The van der Waals surface area contributed by atoms with Gasteiger partial charge in [-0.15, -0.1) is 0 Å². The van der Waals surface area contributed by atoms with Crippen LogP contribution in [0.1, 0.15) is 20.7 Å². The van der Waals surface area contributed by atoms with Crippen molar-refractivity contribution in [3.05, 3.63) is 117 Å². The van der Waals surface area contributed by atoms with E-state index in [9.17, 15) is 29.8 Å². The number of aromatic nitrogens is 8. The molecular weight excluding hydrogens is 644 g/mol. The van der Waals surface area contributed by atoms with Gasteiger partial charge in [-0.3, -0.25) is 20.2 Å². The first-order valence-corrected chi connectivity index (χ1v) is 13.6. The van der Waals surface area contributed by atoms with Gasteiger partial charge in [-0.1, -0.05) is 0 Å². The monoisotopic (exact) mass is 666 g/mol. The van der Waals surface area contributed by atoms with E-state index in [-0.39, 0.29) is 34.1 Å². The number of methoxy groups -OCH3 is 1. The summed E-state index contributed by atoms with van der Waals surface area (Å²) in [4.78, 5) is 59.1. The number of aromatic carboxylic acids is 1. The zero-order valence-corrected chi connectivity index (χ0v) is 25.0. The molecule has 0 aliphatic heterocycles. The third-order valence-electron chi connectivity index (χ3n) is 6.69. The Balaban J connectivity index is 0.000000191. The number of esters is 1. The number of rotatable bonds is 8. The van der Waals surface area contributed by atoms with E-state index < -0.39 is 21.8 Å². The molecule has 0 aromatic carbocycles. The molecule has 6 rings (SSSR count). The maximum atomic E-state index is 11.4. The highest BCUT2D eigenvalue weighted by molar-refractivity contribution is 5.89. The maximum Gasteiger partial charge on any atom is 0.339 e. The highest BCUT2D eigenvalue weighted by atomic mass is 16.6. The second-order valence-corrected chi connectivity index (χ2v) is 9.65. The van der Waals surface area contributed by atoms with E-state index in [1.165, 1.54) is 84.1 Å². The fourth-order valence-corrected chi connectivity index (χ4v) is 4.37. The lowest BCUT2D eigenvalue weighted by Crippen LogP contribution is -2.04. The van der Waals surface area contributed by atoms with Gasteiger partial charge < -0.3 is 21.3 Å². The minimum absolute atomic E-state index is 0.0451. The van der Waals surface area contributed by atoms with E-state index in [0.29, 0.717) is 33.9 Å². The maximum absolute atomic E-state index is 11.4. The first-order chi connectivity index (χ1) is 23.5. The molecule has 0 unspecified atom stereocenters. The van der Waals surface area contributed by atoms with Crippen molar-refractivity contribution in [2.45, 2.75) is 0 Å². The molecule has 0 bridgehead atoms. The summed E-state index contributed by atoms with van der Waals surface area (Å²) in [6.45, 7) is 0. The van der Waals surface area contributed by atoms with Gasteiger partial charge in [0.15, 0.2) is 11.6 Å². The number of carboxylic acids is 1. The number of nitrogen functional groups attached to an aromatic ring is 2. The smallest absolute Gasteiger partial charge is 0.339 e. The normalized spacial score (nSPS) is 10.5. The summed E-state index contributed by atoms with van der Waals surface area (Å²) in [6, 6.07) is 8.95. The molecule has 6 aromatic rings. The lowest BCUT2D eigenvalue weighted by atomic mass is 10.1. The predicted molar refractivity (Wildman–Crippen MR) is 170 cm³/mol. The van der Waals surface area contributed by atoms with Crippen LogP contribution in [-0.4, -0.2) is 73.5 Å². The van der Waals surface area contributed by atoms with Gasteiger partial charge in [-0.25, -0.2) is 38.9 Å². The van der Waals surface area contributed by atoms with Crippen molar-refractivity contribution < 1.29 is 29.3 Å². The molecular formula is C29H22N12O8. The number of pyridine rings is 4. The predicted octanol–water partition coefficient (Wildman–Crippen LogP) is 3.12. The number of anilines is 2. The Kier molecular flexibility index (Phi) is 9.21. The third-order valence-corrected chi connectivity index (χ3v) is 6.69. The van der Waals surface area contributed by atoms with Crippen molar-refractivity contribution in [2.75, 3.05) is 18.6 Å². The lowest BCUT2D eigenvalue weighted by molar-refractivity contribution is -0.383. The number of nitrogens with two attached hydrogens (primary N) is 2. The molecule has 246 valence electrons. The van der Waals surface area contributed by atoms with Crippen LogP contribution in [0.15, 0.2) is 86.0 Å². The van der Waals surface area contributed by atoms with Crippen LogP contribution in [0.4, 0.5) is 23.0 Å². The number of carboxylic acid groups (broad SMARTS) is 1. The van der Waals surface area contributed by atoms with E-state index in [1.807, 2.05) is 0 Å². The van der Waals surface area contributed by atoms with Crippen LogP contribution in [0.25, 0.3) is 33.9 Å². The third kappa shape index (κ3) is 6.96. The molecule has 0 radical (unpaired) electrons. The van der Waals surface area contributed by atoms with Gasteiger partial charge in [0.2, 0.25) is 11.6 Å². The molecule has 49 heavy (non-hydrogen) atoms. The number of nitrogens with zero attached hydrogens (tertiary/aromatic N) is 10. The van der Waals surface area contributed by atoms with Gasteiger partial charge in [-0.2, -0.15) is 10.2 Å². The van der Waals surface area contributed by atoms with Crippen LogP contribution < -0.4 is 11.5 Å². The number of ether oxygens (including phenoxy) is 1. The van der Waals surface area contributed by atoms with Crippen LogP contribution in [0.2, 0.25) is 0 Å². The Hall–Kier alpha value is -7.64. The minimum atomic E-state index is -1.09. The van der Waals surface area contributed by atoms with Crippen molar-refractivity contribution in [3.8, 4) is 33.9 Å². The fraction of sp³-hybridized carbons (Fsp3) is 0.0345. The number of hydrogen-bond acceptors (Lipinski definition) is 15. The molecule has 0 spiro atoms. The molecule has 20 heteroatoms. The van der Waals surface area contributed by atoms with Crippen LogP contribution in [0, 0.1) is 20.2 Å². The van der Waals surface area contributed by atoms with Crippen LogP contribution >= 0.6 is 0 Å². The standard InChI is InChI=1S/C15H12N6O4.C14H10N6O4/c1-25-15(22)9-2-3-12(18-6-9)20-8-10(7-19-20)11-4-5-17-14(16)13(11)21(23)24;15-13-12(20(23)24)10(3-4-16-13)9-6-18-19(7-9)11-2-1-8(5-17-11)14(21)22/h2-8H,1H3,(H2,16,17);1-7H,(H2,15,16)(H,21,22). The van der Waals surface area contributed by atoms with Crippen molar-refractivity contribution in [1.29, 1.82) is 0 Å². The van der Waals surface area contributed by atoms with Gasteiger partial charge in [0.05, 0.1) is 51.6 Å². The van der Waals surface area contributed by atoms with Crippen LogP contribution in [0.5, 0.6) is 0 Å². The van der Waals surface area contributed by atoms with E-state index in [2.05, 4.69) is 34.9 Å². The number of hydrogen-bond donors (Lipinski definition) is 3. The van der Waals surface area contributed by atoms with Crippen LogP contribution in [0.3, 0.4) is 0 Å². The Morgan fingerprint density at radius 1 is 0.714 bits per heavy atom. The van der Waals surface area contributed by atoms with Gasteiger partial charge in [0.25, 0.3) is 0 Å². The summed E-state index contributed by atoms with van der Waals surface area (Å²) < 4.78 is 7.41. The number of carbonyl (C=O) groups is 2. The lowest BCUT2D eigenvalue weighted by Gasteiger charge is -2.03. The molecule has 0 aliphatic rings. The summed E-state index contributed by atoms with van der Waals surface area (Å²) in [6.07, 6.45) is 11.3. The average Bonchev–Trinajstić information content (AvgIpc) is 3.79. The topological polar surface area (TPSA) is 289 Å². The van der Waals surface area contributed by atoms with E-state index in [4.69, 9.17) is 16.6 Å². The summed E-state index contributed by atoms with van der Waals surface area (Å²) in [5.74, 6) is -1.13. The molecule has 5 N–H and O–H groups in total. The fourth-order valence-electron chi connectivity index (χ4n) is 4.37. The first kappa shape index (κ1) is 32.7. The van der Waals surface area contributed by atoms with E-state index in [1.54, 1.807) is 18.3 Å². The Morgan fingerprint density at radius 2 is 1.16 bits per heavy atom. The minimum Gasteiger partial charge on any atom is -0.478 e. The summed E-state index contributed by atoms with van der Waals surface area (Å²) in [5.41, 5.74) is 12.5. The molecule has 0 amide bonds. The molecule has 0 saturated carbocycles. The van der Waals surface area contributed by atoms with Gasteiger partial charge in [0, 0.05) is 48.3 Å². The molecule has 0 aliphatic carbocycles. The Bertz CT molecular complexity index is 2200. The van der Waals surface area contributed by atoms with Gasteiger partial charge in [0.1, 0.15) is 0 Å². The number of carbonyl (C=O) groups excluding carboxylic acids is 1. The first-order valence-electron chi connectivity index (χ1n) is 13.6. The molecule has 6 aromatic heterocycles. The summed E-state index contributed by atoms with van der Waals surface area (Å²) in [5, 5.41) is 39.5. The highest BCUT2D eigenvalue weighted by Crippen LogP contribution is 2.34. The molecule has 6 heterocycles. The van der Waals surface area contributed by atoms with Gasteiger partial charge in [-0.05, 0) is 36.4 Å². The highest BCUT2D eigenvalue weighted by Gasteiger charge is 2.23. The average molecular weight is 667 g/mol. The second-order valence-electron chi connectivity index (χ2n) is 9.65. The largest absolute Gasteiger partial charge is 0.478 e. The summed E-state index contributed by atoms with van der Waals surface area (Å²) in [7, 11) is 1.28. The Morgan fingerprint density at radius 3 is 1.53 bits per heavy atom. The second kappa shape index (κ2) is 13.8. The van der Waals surface area contributed by atoms with Crippen molar-refractivity contribution in [3.63, 3.8) is 0 Å². The molecule has 20 nitrogen and oxygen atoms in total. The molecule has 0 saturated heterocycles. The molecule has 0 fully saturated rings. The molecule has 0 atom stereocenters. The van der Waals surface area contributed by atoms with E-state index >= 15 is 0 Å². The zero-order chi connectivity index (χ0) is 35.2. The van der Waals surface area contributed by atoms with Crippen molar-refractivity contribution in [1.82, 2.24) is 39.5 Å². The quantitative estimate of drug-likeness (QED) is 0.119. The van der Waals surface area contributed by atoms with Gasteiger partial charge >= 0.3 is 23.3 Å². The Labute approximate surface area is 273 Å². The SMILES string of the molecule is COC(=O)c1ccc(-n2cc(-c3ccnc(N)c3[N+](=O)[O-])cn2)nc1.Nc1nccc(-c2cnn(-c3ccc(C(=O)O)cn3)c2)c1[N+](=O)[O-]. The zero-order valence-electron chi connectivity index (χ0n) is 25.0. The number of nitro groups is 2. The van der Waals surface area contributed by atoms with Crippen molar-refractivity contribution >= 4 is 34.9 Å². The van der Waals surface area contributed by atoms with E-state index in [0.717, 1.165) is 0 Å².